The summed E-state index contributed by atoms with van der Waals surface area (Å²) in [6.45, 7) is 3.16. The Morgan fingerprint density at radius 3 is 3.05 bits per heavy atom. The summed E-state index contributed by atoms with van der Waals surface area (Å²) in [7, 11) is 0. The van der Waals surface area contributed by atoms with E-state index in [1.54, 1.807) is 12.1 Å². The summed E-state index contributed by atoms with van der Waals surface area (Å²) in [6.07, 6.45) is 0.639. The van der Waals surface area contributed by atoms with Gasteiger partial charge in [0.1, 0.15) is 6.07 Å². The van der Waals surface area contributed by atoms with E-state index in [-0.39, 0.29) is 24.4 Å². The SMILES string of the molecule is CCC1C(=O)NCCN1CC(=O)Nc1cc(Cl)ccc1C#N. The van der Waals surface area contributed by atoms with Gasteiger partial charge in [0.2, 0.25) is 11.8 Å². The highest BCUT2D eigenvalue weighted by molar-refractivity contribution is 6.31. The molecule has 1 aromatic carbocycles. The number of nitriles is 1. The summed E-state index contributed by atoms with van der Waals surface area (Å²) < 4.78 is 0. The number of amides is 2. The minimum Gasteiger partial charge on any atom is -0.353 e. The molecule has 2 rings (SSSR count). The van der Waals surface area contributed by atoms with E-state index in [1.165, 1.54) is 6.07 Å². The Morgan fingerprint density at radius 1 is 1.59 bits per heavy atom. The van der Waals surface area contributed by atoms with Gasteiger partial charge in [-0.2, -0.15) is 5.26 Å². The van der Waals surface area contributed by atoms with Crippen LogP contribution < -0.4 is 10.6 Å². The van der Waals surface area contributed by atoms with Gasteiger partial charge >= 0.3 is 0 Å². The molecule has 6 nitrogen and oxygen atoms in total. The predicted octanol–water partition coefficient (Wildman–Crippen LogP) is 1.36. The molecule has 0 aliphatic carbocycles. The molecular weight excluding hydrogens is 304 g/mol. The Labute approximate surface area is 134 Å². The van der Waals surface area contributed by atoms with Crippen LogP contribution in [0.3, 0.4) is 0 Å². The van der Waals surface area contributed by atoms with Crippen LogP contribution in [0, 0.1) is 11.3 Å². The van der Waals surface area contributed by atoms with E-state index in [0.29, 0.717) is 35.8 Å². The average molecular weight is 321 g/mol. The number of hydrogen-bond acceptors (Lipinski definition) is 4. The average Bonchev–Trinajstić information content (AvgIpc) is 2.47. The molecule has 1 atom stereocenters. The molecule has 0 spiro atoms. The van der Waals surface area contributed by atoms with E-state index in [9.17, 15) is 9.59 Å². The van der Waals surface area contributed by atoms with Gasteiger partial charge in [-0.25, -0.2) is 0 Å². The number of anilines is 1. The minimum atomic E-state index is -0.297. The summed E-state index contributed by atoms with van der Waals surface area (Å²) >= 11 is 5.89. The van der Waals surface area contributed by atoms with E-state index in [4.69, 9.17) is 16.9 Å². The second-order valence-corrected chi connectivity index (χ2v) is 5.47. The first-order valence-electron chi connectivity index (χ1n) is 7.06. The standard InChI is InChI=1S/C15H17ClN4O2/c1-2-13-15(22)18-5-6-20(13)9-14(21)19-12-7-11(16)4-3-10(12)8-17/h3-4,7,13H,2,5-6,9H2,1H3,(H,18,22)(H,19,21). The monoisotopic (exact) mass is 320 g/mol. The quantitative estimate of drug-likeness (QED) is 0.877. The van der Waals surface area contributed by atoms with Gasteiger partial charge in [0.05, 0.1) is 23.8 Å². The van der Waals surface area contributed by atoms with Gasteiger partial charge in [0.25, 0.3) is 0 Å². The summed E-state index contributed by atoms with van der Waals surface area (Å²) in [5.74, 6) is -0.325. The number of halogens is 1. The Bertz CT molecular complexity index is 626. The fraction of sp³-hybridized carbons (Fsp3) is 0.400. The van der Waals surface area contributed by atoms with Crippen molar-refractivity contribution in [2.24, 2.45) is 0 Å². The van der Waals surface area contributed by atoms with E-state index in [2.05, 4.69) is 10.6 Å². The number of benzene rings is 1. The largest absolute Gasteiger partial charge is 0.353 e. The van der Waals surface area contributed by atoms with Crippen LogP contribution in [0.5, 0.6) is 0 Å². The van der Waals surface area contributed by atoms with E-state index >= 15 is 0 Å². The summed E-state index contributed by atoms with van der Waals surface area (Å²) in [6, 6.07) is 6.40. The third-order valence-electron chi connectivity index (χ3n) is 3.55. The molecular formula is C15H17ClN4O2. The molecule has 0 saturated carbocycles. The zero-order chi connectivity index (χ0) is 16.1. The van der Waals surface area contributed by atoms with Crippen molar-refractivity contribution >= 4 is 29.1 Å². The Kier molecular flexibility index (Phi) is 5.36. The number of carbonyl (C=O) groups is 2. The molecule has 0 radical (unpaired) electrons. The zero-order valence-electron chi connectivity index (χ0n) is 12.2. The number of hydrogen-bond donors (Lipinski definition) is 2. The van der Waals surface area contributed by atoms with Crippen LogP contribution in [-0.4, -0.2) is 42.4 Å². The van der Waals surface area contributed by atoms with Crippen molar-refractivity contribution in [1.82, 2.24) is 10.2 Å². The van der Waals surface area contributed by atoms with Crippen LogP contribution in [0.2, 0.25) is 5.02 Å². The minimum absolute atomic E-state index is 0.0537. The first kappa shape index (κ1) is 16.3. The number of carbonyl (C=O) groups excluding carboxylic acids is 2. The van der Waals surface area contributed by atoms with Crippen molar-refractivity contribution in [3.63, 3.8) is 0 Å². The molecule has 1 aromatic rings. The second-order valence-electron chi connectivity index (χ2n) is 5.04. The third kappa shape index (κ3) is 3.75. The lowest BCUT2D eigenvalue weighted by Gasteiger charge is -2.33. The van der Waals surface area contributed by atoms with Gasteiger partial charge < -0.3 is 10.6 Å². The van der Waals surface area contributed by atoms with Crippen molar-refractivity contribution < 1.29 is 9.59 Å². The Balaban J connectivity index is 2.05. The van der Waals surface area contributed by atoms with Crippen molar-refractivity contribution in [3.8, 4) is 6.07 Å². The molecule has 1 fully saturated rings. The molecule has 0 aromatic heterocycles. The molecule has 1 saturated heterocycles. The van der Waals surface area contributed by atoms with Gasteiger partial charge in [0.15, 0.2) is 0 Å². The number of piperazine rings is 1. The predicted molar refractivity (Wildman–Crippen MR) is 83.5 cm³/mol. The highest BCUT2D eigenvalue weighted by atomic mass is 35.5. The van der Waals surface area contributed by atoms with Gasteiger partial charge in [-0.3, -0.25) is 14.5 Å². The fourth-order valence-electron chi connectivity index (χ4n) is 2.49. The third-order valence-corrected chi connectivity index (χ3v) is 3.79. The molecule has 1 heterocycles. The van der Waals surface area contributed by atoms with Crippen molar-refractivity contribution in [3.05, 3.63) is 28.8 Å². The van der Waals surface area contributed by atoms with Gasteiger partial charge in [-0.05, 0) is 24.6 Å². The smallest absolute Gasteiger partial charge is 0.238 e. The molecule has 7 heteroatoms. The number of nitrogens with one attached hydrogen (secondary N) is 2. The van der Waals surface area contributed by atoms with E-state index in [0.717, 1.165) is 0 Å². The first-order valence-corrected chi connectivity index (χ1v) is 7.44. The molecule has 1 unspecified atom stereocenters. The maximum absolute atomic E-state index is 12.2. The van der Waals surface area contributed by atoms with Crippen molar-refractivity contribution in [2.45, 2.75) is 19.4 Å². The van der Waals surface area contributed by atoms with Crippen LogP contribution in [-0.2, 0) is 9.59 Å². The fourth-order valence-corrected chi connectivity index (χ4v) is 2.66. The summed E-state index contributed by atoms with van der Waals surface area (Å²) in [5, 5.41) is 15.0. The highest BCUT2D eigenvalue weighted by Gasteiger charge is 2.29. The molecule has 22 heavy (non-hydrogen) atoms. The lowest BCUT2D eigenvalue weighted by atomic mass is 10.1. The van der Waals surface area contributed by atoms with Gasteiger partial charge in [-0.15, -0.1) is 0 Å². The summed E-state index contributed by atoms with van der Waals surface area (Å²) in [4.78, 5) is 25.8. The van der Waals surface area contributed by atoms with E-state index < -0.39 is 0 Å². The number of rotatable bonds is 4. The highest BCUT2D eigenvalue weighted by Crippen LogP contribution is 2.20. The molecule has 1 aliphatic heterocycles. The summed E-state index contributed by atoms with van der Waals surface area (Å²) in [5.41, 5.74) is 0.732. The molecule has 116 valence electrons. The van der Waals surface area contributed by atoms with Crippen LogP contribution in [0.25, 0.3) is 0 Å². The molecule has 0 bridgehead atoms. The van der Waals surface area contributed by atoms with Crippen molar-refractivity contribution in [2.75, 3.05) is 25.0 Å². The van der Waals surface area contributed by atoms with E-state index in [1.807, 2.05) is 17.9 Å². The first-order chi connectivity index (χ1) is 10.5. The van der Waals surface area contributed by atoms with Crippen LogP contribution in [0.1, 0.15) is 18.9 Å². The lowest BCUT2D eigenvalue weighted by molar-refractivity contribution is -0.130. The lowest BCUT2D eigenvalue weighted by Crippen LogP contribution is -2.56. The van der Waals surface area contributed by atoms with Crippen LogP contribution in [0.4, 0.5) is 5.69 Å². The Morgan fingerprint density at radius 2 is 2.36 bits per heavy atom. The molecule has 2 amide bonds. The maximum Gasteiger partial charge on any atom is 0.238 e. The van der Waals surface area contributed by atoms with Crippen LogP contribution in [0.15, 0.2) is 18.2 Å². The topological polar surface area (TPSA) is 85.2 Å². The number of nitrogens with zero attached hydrogens (tertiary/aromatic N) is 2. The zero-order valence-corrected chi connectivity index (χ0v) is 13.0. The van der Waals surface area contributed by atoms with Crippen molar-refractivity contribution in [1.29, 1.82) is 5.26 Å². The molecule has 2 N–H and O–H groups in total. The Hall–Kier alpha value is -2.10. The van der Waals surface area contributed by atoms with Gasteiger partial charge in [0, 0.05) is 18.1 Å². The second kappa shape index (κ2) is 7.25. The molecule has 1 aliphatic rings. The van der Waals surface area contributed by atoms with Gasteiger partial charge in [-0.1, -0.05) is 18.5 Å². The maximum atomic E-state index is 12.2. The van der Waals surface area contributed by atoms with Crippen LogP contribution >= 0.6 is 11.6 Å². The normalized spacial score (nSPS) is 18.4.